The minimum absolute atomic E-state index is 0.327. The monoisotopic (exact) mass is 248 g/mol. The van der Waals surface area contributed by atoms with Crippen LogP contribution in [0.4, 0.5) is 5.69 Å². The van der Waals surface area contributed by atoms with Crippen LogP contribution in [0, 0.1) is 0 Å². The molecule has 1 aromatic carbocycles. The summed E-state index contributed by atoms with van der Waals surface area (Å²) in [5, 5.41) is 3.48. The van der Waals surface area contributed by atoms with Gasteiger partial charge in [0.1, 0.15) is 5.75 Å². The van der Waals surface area contributed by atoms with E-state index in [0.717, 1.165) is 32.0 Å². The number of methoxy groups -OCH3 is 1. The van der Waals surface area contributed by atoms with Gasteiger partial charge < -0.3 is 14.8 Å². The van der Waals surface area contributed by atoms with Crippen LogP contribution in [-0.2, 0) is 4.74 Å². The van der Waals surface area contributed by atoms with Crippen molar-refractivity contribution in [2.75, 3.05) is 38.7 Å². The van der Waals surface area contributed by atoms with Crippen molar-refractivity contribution in [2.45, 2.75) is 19.1 Å². The molecule has 4 heteroatoms. The Kier molecular flexibility index (Phi) is 3.14. The van der Waals surface area contributed by atoms with Gasteiger partial charge in [0.2, 0.25) is 0 Å². The number of rotatable bonds is 2. The second-order valence-corrected chi connectivity index (χ2v) is 5.03. The quantitative estimate of drug-likeness (QED) is 0.866. The second kappa shape index (κ2) is 4.78. The van der Waals surface area contributed by atoms with Crippen LogP contribution in [0.25, 0.3) is 0 Å². The Morgan fingerprint density at radius 1 is 1.44 bits per heavy atom. The number of hydrogen-bond donors (Lipinski definition) is 1. The van der Waals surface area contributed by atoms with Gasteiger partial charge in [-0.1, -0.05) is 0 Å². The van der Waals surface area contributed by atoms with Gasteiger partial charge in [-0.05, 0) is 30.7 Å². The summed E-state index contributed by atoms with van der Waals surface area (Å²) in [6.07, 6.45) is 0.327. The lowest BCUT2D eigenvalue weighted by atomic mass is 10.1. The zero-order valence-electron chi connectivity index (χ0n) is 11.0. The van der Waals surface area contributed by atoms with Gasteiger partial charge in [0.15, 0.2) is 0 Å². The van der Waals surface area contributed by atoms with Crippen molar-refractivity contribution < 1.29 is 9.47 Å². The molecule has 4 nitrogen and oxygen atoms in total. The molecule has 0 radical (unpaired) electrons. The molecule has 1 fully saturated rings. The molecule has 2 heterocycles. The van der Waals surface area contributed by atoms with Gasteiger partial charge in [-0.15, -0.1) is 0 Å². The summed E-state index contributed by atoms with van der Waals surface area (Å²) in [7, 11) is 1.72. The molecule has 0 bridgehead atoms. The van der Waals surface area contributed by atoms with Gasteiger partial charge >= 0.3 is 0 Å². The van der Waals surface area contributed by atoms with E-state index in [-0.39, 0.29) is 0 Å². The number of anilines is 1. The Bertz CT molecular complexity index is 436. The summed E-state index contributed by atoms with van der Waals surface area (Å²) >= 11 is 0. The Balaban J connectivity index is 1.84. The third-order valence-electron chi connectivity index (χ3n) is 3.82. The molecular formula is C14H20N2O2. The van der Waals surface area contributed by atoms with E-state index in [1.165, 1.54) is 11.3 Å². The summed E-state index contributed by atoms with van der Waals surface area (Å²) in [4.78, 5) is 2.51. The van der Waals surface area contributed by atoms with Crippen LogP contribution in [0.3, 0.4) is 0 Å². The van der Waals surface area contributed by atoms with Gasteiger partial charge in [0, 0.05) is 25.3 Å². The molecule has 1 aromatic rings. The normalized spacial score (nSPS) is 27.7. The molecule has 0 aliphatic carbocycles. The summed E-state index contributed by atoms with van der Waals surface area (Å²) in [5.74, 6) is 0.934. The summed E-state index contributed by atoms with van der Waals surface area (Å²) < 4.78 is 10.9. The maximum Gasteiger partial charge on any atom is 0.119 e. The van der Waals surface area contributed by atoms with E-state index in [9.17, 15) is 0 Å². The average Bonchev–Trinajstić information content (AvgIpc) is 2.81. The highest BCUT2D eigenvalue weighted by Gasteiger charge is 2.30. The van der Waals surface area contributed by atoms with Crippen molar-refractivity contribution in [3.63, 3.8) is 0 Å². The molecule has 2 aliphatic rings. The Labute approximate surface area is 108 Å². The SMILES string of the molecule is COc1ccc2c(c1)C(N1CCOC(C)C1)CN2. The molecule has 2 atom stereocenters. The lowest BCUT2D eigenvalue weighted by molar-refractivity contribution is -0.0317. The standard InChI is InChI=1S/C14H20N2O2/c1-10-9-16(5-6-18-10)14-8-15-13-4-3-11(17-2)7-12(13)14/h3-4,7,10,14-15H,5-6,8-9H2,1-2H3. The van der Waals surface area contributed by atoms with Gasteiger partial charge in [0.05, 0.1) is 25.9 Å². The molecule has 0 spiro atoms. The molecule has 1 saturated heterocycles. The van der Waals surface area contributed by atoms with E-state index in [4.69, 9.17) is 9.47 Å². The predicted molar refractivity (Wildman–Crippen MR) is 71.2 cm³/mol. The Hall–Kier alpha value is -1.26. The van der Waals surface area contributed by atoms with Crippen LogP contribution in [0.5, 0.6) is 5.75 Å². The van der Waals surface area contributed by atoms with Crippen LogP contribution in [0.15, 0.2) is 18.2 Å². The third-order valence-corrected chi connectivity index (χ3v) is 3.82. The zero-order chi connectivity index (χ0) is 12.5. The molecule has 0 amide bonds. The summed E-state index contributed by atoms with van der Waals surface area (Å²) in [6.45, 7) is 5.96. The van der Waals surface area contributed by atoms with E-state index < -0.39 is 0 Å². The average molecular weight is 248 g/mol. The lowest BCUT2D eigenvalue weighted by Crippen LogP contribution is -2.43. The van der Waals surface area contributed by atoms with Gasteiger partial charge in [-0.3, -0.25) is 4.90 Å². The molecule has 2 aliphatic heterocycles. The van der Waals surface area contributed by atoms with Crippen LogP contribution in [-0.4, -0.2) is 44.4 Å². The molecular weight excluding hydrogens is 228 g/mol. The van der Waals surface area contributed by atoms with Crippen molar-refractivity contribution >= 4 is 5.69 Å². The minimum Gasteiger partial charge on any atom is -0.497 e. The first kappa shape index (κ1) is 11.8. The first-order valence-electron chi connectivity index (χ1n) is 6.55. The van der Waals surface area contributed by atoms with Crippen LogP contribution < -0.4 is 10.1 Å². The van der Waals surface area contributed by atoms with E-state index in [1.807, 2.05) is 6.07 Å². The van der Waals surface area contributed by atoms with Crippen LogP contribution in [0.1, 0.15) is 18.5 Å². The molecule has 3 rings (SSSR count). The smallest absolute Gasteiger partial charge is 0.119 e. The molecule has 0 saturated carbocycles. The molecule has 1 N–H and O–H groups in total. The van der Waals surface area contributed by atoms with E-state index in [0.29, 0.717) is 12.1 Å². The number of nitrogens with one attached hydrogen (secondary N) is 1. The fourth-order valence-corrected chi connectivity index (χ4v) is 2.88. The maximum absolute atomic E-state index is 5.61. The summed E-state index contributed by atoms with van der Waals surface area (Å²) in [5.41, 5.74) is 2.59. The number of fused-ring (bicyclic) bond motifs is 1. The highest BCUT2D eigenvalue weighted by molar-refractivity contribution is 5.59. The van der Waals surface area contributed by atoms with E-state index in [2.05, 4.69) is 29.3 Å². The maximum atomic E-state index is 5.61. The number of hydrogen-bond acceptors (Lipinski definition) is 4. The second-order valence-electron chi connectivity index (χ2n) is 5.03. The number of ether oxygens (including phenoxy) is 2. The molecule has 0 aromatic heterocycles. The first-order valence-corrected chi connectivity index (χ1v) is 6.55. The Morgan fingerprint density at radius 3 is 3.11 bits per heavy atom. The minimum atomic E-state index is 0.327. The van der Waals surface area contributed by atoms with Crippen molar-refractivity contribution in [1.29, 1.82) is 0 Å². The third kappa shape index (κ3) is 2.06. The topological polar surface area (TPSA) is 33.7 Å². The summed E-state index contributed by atoms with van der Waals surface area (Å²) in [6, 6.07) is 6.72. The van der Waals surface area contributed by atoms with Gasteiger partial charge in [-0.25, -0.2) is 0 Å². The van der Waals surface area contributed by atoms with Crippen molar-refractivity contribution in [3.8, 4) is 5.75 Å². The van der Waals surface area contributed by atoms with E-state index in [1.54, 1.807) is 7.11 Å². The number of benzene rings is 1. The molecule has 18 heavy (non-hydrogen) atoms. The van der Waals surface area contributed by atoms with Crippen molar-refractivity contribution in [1.82, 2.24) is 4.90 Å². The van der Waals surface area contributed by atoms with Gasteiger partial charge in [0.25, 0.3) is 0 Å². The van der Waals surface area contributed by atoms with E-state index >= 15 is 0 Å². The molecule has 98 valence electrons. The van der Waals surface area contributed by atoms with Crippen molar-refractivity contribution in [3.05, 3.63) is 23.8 Å². The number of nitrogens with zero attached hydrogens (tertiary/aromatic N) is 1. The highest BCUT2D eigenvalue weighted by atomic mass is 16.5. The molecule has 2 unspecified atom stereocenters. The van der Waals surface area contributed by atoms with Gasteiger partial charge in [-0.2, -0.15) is 0 Å². The van der Waals surface area contributed by atoms with Crippen LogP contribution >= 0.6 is 0 Å². The lowest BCUT2D eigenvalue weighted by Gasteiger charge is -2.35. The first-order chi connectivity index (χ1) is 8.78. The number of morpholine rings is 1. The Morgan fingerprint density at radius 2 is 2.33 bits per heavy atom. The fourth-order valence-electron chi connectivity index (χ4n) is 2.88. The zero-order valence-corrected chi connectivity index (χ0v) is 11.0. The predicted octanol–water partition coefficient (Wildman–Crippen LogP) is 1.88. The highest BCUT2D eigenvalue weighted by Crippen LogP contribution is 2.36. The largest absolute Gasteiger partial charge is 0.497 e. The van der Waals surface area contributed by atoms with Crippen molar-refractivity contribution in [2.24, 2.45) is 0 Å². The van der Waals surface area contributed by atoms with Crippen LogP contribution in [0.2, 0.25) is 0 Å². The fraction of sp³-hybridized carbons (Fsp3) is 0.571.